The smallest absolute Gasteiger partial charge is 0.123 e. The van der Waals surface area contributed by atoms with Crippen molar-refractivity contribution in [2.45, 2.75) is 25.3 Å². The minimum absolute atomic E-state index is 0.0748. The van der Waals surface area contributed by atoms with Gasteiger partial charge in [0, 0.05) is 38.3 Å². The standard InChI is InChI=1S/C15H22FNO2/c1-19-9-6-14(12-2-4-13(16)5-3-12)17-10-15(11-18)7-8-15/h2-5,14,17-18H,6-11H2,1H3. The van der Waals surface area contributed by atoms with E-state index in [9.17, 15) is 9.50 Å². The third-order valence-electron chi connectivity index (χ3n) is 3.90. The van der Waals surface area contributed by atoms with Crippen molar-refractivity contribution in [3.8, 4) is 0 Å². The van der Waals surface area contributed by atoms with Crippen LogP contribution < -0.4 is 5.32 Å². The summed E-state index contributed by atoms with van der Waals surface area (Å²) in [5.74, 6) is -0.219. The monoisotopic (exact) mass is 267 g/mol. The van der Waals surface area contributed by atoms with Crippen LogP contribution in [0.2, 0.25) is 0 Å². The van der Waals surface area contributed by atoms with Gasteiger partial charge in [-0.1, -0.05) is 12.1 Å². The maximum absolute atomic E-state index is 13.0. The molecule has 0 aliphatic heterocycles. The minimum Gasteiger partial charge on any atom is -0.396 e. The number of aliphatic hydroxyl groups is 1. The Bertz CT molecular complexity index is 390. The van der Waals surface area contributed by atoms with E-state index >= 15 is 0 Å². The molecule has 1 atom stereocenters. The topological polar surface area (TPSA) is 41.5 Å². The first-order valence-electron chi connectivity index (χ1n) is 6.78. The van der Waals surface area contributed by atoms with Crippen molar-refractivity contribution in [1.82, 2.24) is 5.32 Å². The van der Waals surface area contributed by atoms with Crippen LogP contribution in [0.3, 0.4) is 0 Å². The number of hydrogen-bond acceptors (Lipinski definition) is 3. The first-order chi connectivity index (χ1) is 9.19. The highest BCUT2D eigenvalue weighted by Gasteiger charge is 2.41. The lowest BCUT2D eigenvalue weighted by Gasteiger charge is -2.22. The average Bonchev–Trinajstić information content (AvgIpc) is 3.21. The first-order valence-corrected chi connectivity index (χ1v) is 6.78. The van der Waals surface area contributed by atoms with Gasteiger partial charge in [0.2, 0.25) is 0 Å². The van der Waals surface area contributed by atoms with Crippen LogP contribution in [0, 0.1) is 11.2 Å². The van der Waals surface area contributed by atoms with Crippen molar-refractivity contribution < 1.29 is 14.2 Å². The summed E-state index contributed by atoms with van der Waals surface area (Å²) in [7, 11) is 1.68. The number of aliphatic hydroxyl groups excluding tert-OH is 1. The molecule has 0 radical (unpaired) electrons. The van der Waals surface area contributed by atoms with Gasteiger partial charge in [0.1, 0.15) is 5.82 Å². The largest absolute Gasteiger partial charge is 0.396 e. The molecule has 1 saturated carbocycles. The molecule has 19 heavy (non-hydrogen) atoms. The Labute approximate surface area is 113 Å². The highest BCUT2D eigenvalue weighted by atomic mass is 19.1. The molecule has 1 unspecified atom stereocenters. The van der Waals surface area contributed by atoms with Gasteiger partial charge in [0.15, 0.2) is 0 Å². The highest BCUT2D eigenvalue weighted by molar-refractivity contribution is 5.20. The Morgan fingerprint density at radius 1 is 1.37 bits per heavy atom. The van der Waals surface area contributed by atoms with Crippen LogP contribution >= 0.6 is 0 Å². The zero-order valence-corrected chi connectivity index (χ0v) is 11.4. The minimum atomic E-state index is -0.219. The zero-order valence-electron chi connectivity index (χ0n) is 11.4. The van der Waals surface area contributed by atoms with Gasteiger partial charge in [0.25, 0.3) is 0 Å². The maximum atomic E-state index is 13.0. The number of ether oxygens (including phenoxy) is 1. The van der Waals surface area contributed by atoms with Gasteiger partial charge in [0.05, 0.1) is 0 Å². The lowest BCUT2D eigenvalue weighted by Crippen LogP contribution is -2.30. The van der Waals surface area contributed by atoms with Gasteiger partial charge in [-0.2, -0.15) is 0 Å². The predicted molar refractivity (Wildman–Crippen MR) is 72.4 cm³/mol. The van der Waals surface area contributed by atoms with E-state index in [-0.39, 0.29) is 23.9 Å². The molecular formula is C15H22FNO2. The first kappa shape index (κ1) is 14.4. The van der Waals surface area contributed by atoms with E-state index in [1.54, 1.807) is 19.2 Å². The Morgan fingerprint density at radius 2 is 2.05 bits per heavy atom. The summed E-state index contributed by atoms with van der Waals surface area (Å²) >= 11 is 0. The Morgan fingerprint density at radius 3 is 2.58 bits per heavy atom. The fourth-order valence-corrected chi connectivity index (χ4v) is 2.22. The molecule has 0 saturated heterocycles. The molecule has 0 bridgehead atoms. The molecule has 2 rings (SSSR count). The summed E-state index contributed by atoms with van der Waals surface area (Å²) in [6.07, 6.45) is 3.00. The Kier molecular flexibility index (Phi) is 4.91. The third-order valence-corrected chi connectivity index (χ3v) is 3.90. The van der Waals surface area contributed by atoms with E-state index in [0.717, 1.165) is 31.4 Å². The van der Waals surface area contributed by atoms with Gasteiger partial charge in [-0.25, -0.2) is 4.39 Å². The third kappa shape index (κ3) is 4.00. The molecule has 1 aliphatic carbocycles. The second-order valence-corrected chi connectivity index (χ2v) is 5.42. The molecule has 1 aromatic rings. The van der Waals surface area contributed by atoms with Crippen molar-refractivity contribution in [3.63, 3.8) is 0 Å². The van der Waals surface area contributed by atoms with Crippen molar-refractivity contribution in [2.75, 3.05) is 26.9 Å². The van der Waals surface area contributed by atoms with E-state index in [4.69, 9.17) is 4.74 Å². The van der Waals surface area contributed by atoms with Gasteiger partial charge in [-0.3, -0.25) is 0 Å². The Balaban J connectivity index is 1.96. The number of rotatable bonds is 8. The van der Waals surface area contributed by atoms with Gasteiger partial charge >= 0.3 is 0 Å². The highest BCUT2D eigenvalue weighted by Crippen LogP contribution is 2.44. The zero-order chi connectivity index (χ0) is 13.7. The summed E-state index contributed by atoms with van der Waals surface area (Å²) in [5.41, 5.74) is 1.14. The van der Waals surface area contributed by atoms with Crippen LogP contribution in [0.25, 0.3) is 0 Å². The van der Waals surface area contributed by atoms with Crippen LogP contribution in [0.1, 0.15) is 30.9 Å². The van der Waals surface area contributed by atoms with Crippen LogP contribution in [-0.2, 0) is 4.74 Å². The van der Waals surface area contributed by atoms with Crippen LogP contribution in [0.4, 0.5) is 4.39 Å². The summed E-state index contributed by atoms with van der Waals surface area (Å²) in [4.78, 5) is 0. The summed E-state index contributed by atoms with van der Waals surface area (Å²) in [5, 5.41) is 12.8. The molecule has 3 nitrogen and oxygen atoms in total. The van der Waals surface area contributed by atoms with Gasteiger partial charge in [-0.15, -0.1) is 0 Å². The number of nitrogens with one attached hydrogen (secondary N) is 1. The number of methoxy groups -OCH3 is 1. The molecule has 0 aromatic heterocycles. The fourth-order valence-electron chi connectivity index (χ4n) is 2.22. The molecule has 0 amide bonds. The van der Waals surface area contributed by atoms with Crippen LogP contribution in [0.5, 0.6) is 0 Å². The summed E-state index contributed by atoms with van der Waals surface area (Å²) in [6.45, 7) is 1.69. The second-order valence-electron chi connectivity index (χ2n) is 5.42. The molecule has 0 spiro atoms. The molecule has 0 heterocycles. The summed E-state index contributed by atoms with van der Waals surface area (Å²) in [6, 6.07) is 6.72. The molecule has 1 aromatic carbocycles. The molecule has 1 fully saturated rings. The van der Waals surface area contributed by atoms with Crippen molar-refractivity contribution in [1.29, 1.82) is 0 Å². The SMILES string of the molecule is COCCC(NCC1(CO)CC1)c1ccc(F)cc1. The van der Waals surface area contributed by atoms with E-state index in [1.165, 1.54) is 12.1 Å². The van der Waals surface area contributed by atoms with E-state index in [1.807, 2.05) is 0 Å². The average molecular weight is 267 g/mol. The number of halogens is 1. The van der Waals surface area contributed by atoms with Crippen molar-refractivity contribution in [3.05, 3.63) is 35.6 Å². The normalized spacial score (nSPS) is 18.3. The van der Waals surface area contributed by atoms with Crippen molar-refractivity contribution >= 4 is 0 Å². The second kappa shape index (κ2) is 6.46. The predicted octanol–water partition coefficient (Wildman–Crippen LogP) is 2.27. The van der Waals surface area contributed by atoms with Crippen molar-refractivity contribution in [2.24, 2.45) is 5.41 Å². The molecular weight excluding hydrogens is 245 g/mol. The van der Waals surface area contributed by atoms with E-state index < -0.39 is 0 Å². The van der Waals surface area contributed by atoms with Crippen LogP contribution in [0.15, 0.2) is 24.3 Å². The fraction of sp³-hybridized carbons (Fsp3) is 0.600. The van der Waals surface area contributed by atoms with Crippen LogP contribution in [-0.4, -0.2) is 32.0 Å². The maximum Gasteiger partial charge on any atom is 0.123 e. The van der Waals surface area contributed by atoms with E-state index in [2.05, 4.69) is 5.32 Å². The quantitative estimate of drug-likeness (QED) is 0.759. The number of hydrogen-bond donors (Lipinski definition) is 2. The molecule has 2 N–H and O–H groups in total. The lowest BCUT2D eigenvalue weighted by atomic mass is 10.0. The summed E-state index contributed by atoms with van der Waals surface area (Å²) < 4.78 is 18.1. The number of benzene rings is 1. The lowest BCUT2D eigenvalue weighted by molar-refractivity contribution is 0.173. The molecule has 106 valence electrons. The van der Waals surface area contributed by atoms with Gasteiger partial charge < -0.3 is 15.2 Å². The van der Waals surface area contributed by atoms with E-state index in [0.29, 0.717) is 6.61 Å². The van der Waals surface area contributed by atoms with Gasteiger partial charge in [-0.05, 0) is 37.0 Å². The Hall–Kier alpha value is -0.970. The molecule has 4 heteroatoms. The molecule has 1 aliphatic rings.